The molecule has 0 bridgehead atoms. The van der Waals surface area contributed by atoms with Crippen LogP contribution in [-0.4, -0.2) is 52.9 Å². The third-order valence-corrected chi connectivity index (χ3v) is 5.71. The molecule has 6 nitrogen and oxygen atoms in total. The lowest BCUT2D eigenvalue weighted by molar-refractivity contribution is -0.303. The summed E-state index contributed by atoms with van der Waals surface area (Å²) in [6.07, 6.45) is 0. The van der Waals surface area contributed by atoms with Crippen molar-refractivity contribution < 1.29 is 28.7 Å². The van der Waals surface area contributed by atoms with Crippen LogP contribution >= 0.6 is 0 Å². The quantitative estimate of drug-likeness (QED) is 0.327. The Morgan fingerprint density at radius 3 is 1.35 bits per heavy atom. The number of benzene rings is 4. The van der Waals surface area contributed by atoms with E-state index in [1.807, 2.05) is 24.3 Å². The minimum atomic E-state index is 0.351. The first-order chi connectivity index (χ1) is 16.9. The van der Waals surface area contributed by atoms with Crippen LogP contribution in [0.3, 0.4) is 0 Å². The minimum absolute atomic E-state index is 0.351. The van der Waals surface area contributed by atoms with Crippen molar-refractivity contribution >= 4 is 21.5 Å². The summed E-state index contributed by atoms with van der Waals surface area (Å²) in [6.45, 7) is 3.27. The van der Waals surface area contributed by atoms with E-state index in [4.69, 9.17) is 28.7 Å². The van der Waals surface area contributed by atoms with Gasteiger partial charge in [0.15, 0.2) is 0 Å². The largest absolute Gasteiger partial charge is 0.491 e. The summed E-state index contributed by atoms with van der Waals surface area (Å²) >= 11 is 0. The Morgan fingerprint density at radius 2 is 0.853 bits per heavy atom. The van der Waals surface area contributed by atoms with Crippen LogP contribution in [0.4, 0.5) is 0 Å². The standard InChI is InChI=1S/C28H28O6/c1-3-7-23-21(5-1)9-11-25-27(23)28-24-8-4-2-6-22(24)10-12-26(28)32-18-14-30-16-20-34-33-19-15-29-13-17-31-25/h1-12H,13-20H2. The molecule has 0 atom stereocenters. The monoisotopic (exact) mass is 460 g/mol. The molecule has 0 radical (unpaired) electrons. The average Bonchev–Trinajstić information content (AvgIpc) is 2.88. The summed E-state index contributed by atoms with van der Waals surface area (Å²) in [5, 5.41) is 4.50. The van der Waals surface area contributed by atoms with E-state index in [0.29, 0.717) is 52.9 Å². The minimum Gasteiger partial charge on any atom is -0.491 e. The van der Waals surface area contributed by atoms with Crippen LogP contribution in [0.2, 0.25) is 0 Å². The van der Waals surface area contributed by atoms with E-state index < -0.39 is 0 Å². The van der Waals surface area contributed by atoms with Gasteiger partial charge in [0.25, 0.3) is 0 Å². The van der Waals surface area contributed by atoms with Crippen molar-refractivity contribution in [2.45, 2.75) is 0 Å². The van der Waals surface area contributed by atoms with Crippen molar-refractivity contribution in [3.63, 3.8) is 0 Å². The molecule has 5 rings (SSSR count). The van der Waals surface area contributed by atoms with Gasteiger partial charge in [0.05, 0.1) is 26.4 Å². The average molecular weight is 461 g/mol. The topological polar surface area (TPSA) is 55.4 Å². The van der Waals surface area contributed by atoms with Gasteiger partial charge in [-0.3, -0.25) is 0 Å². The Morgan fingerprint density at radius 1 is 0.412 bits per heavy atom. The SMILES string of the molecule is c1ccc2c3c(ccc2c1)OCCOCCOOCCOCCOc1ccc2ccccc2c1-3. The number of hydrogen-bond acceptors (Lipinski definition) is 6. The molecule has 0 saturated heterocycles. The Kier molecular flexibility index (Phi) is 7.53. The molecule has 0 N–H and O–H groups in total. The Hall–Kier alpha value is -3.16. The van der Waals surface area contributed by atoms with Gasteiger partial charge >= 0.3 is 0 Å². The molecule has 1 aliphatic heterocycles. The van der Waals surface area contributed by atoms with Crippen LogP contribution in [0.15, 0.2) is 72.8 Å². The molecular weight excluding hydrogens is 432 g/mol. The smallest absolute Gasteiger partial charge is 0.128 e. The van der Waals surface area contributed by atoms with Crippen molar-refractivity contribution in [1.82, 2.24) is 0 Å². The second-order valence-electron chi connectivity index (χ2n) is 7.89. The Bertz CT molecular complexity index is 1140. The van der Waals surface area contributed by atoms with Gasteiger partial charge in [0, 0.05) is 11.1 Å². The molecule has 0 fully saturated rings. The van der Waals surface area contributed by atoms with E-state index in [1.54, 1.807) is 0 Å². The zero-order valence-electron chi connectivity index (χ0n) is 19.0. The molecule has 176 valence electrons. The maximum absolute atomic E-state index is 6.27. The number of rotatable bonds is 0. The highest BCUT2D eigenvalue weighted by atomic mass is 17.2. The lowest BCUT2D eigenvalue weighted by Crippen LogP contribution is -2.14. The number of fused-ring (bicyclic) bond motifs is 7. The van der Waals surface area contributed by atoms with Gasteiger partial charge in [-0.15, -0.1) is 0 Å². The molecule has 1 aliphatic rings. The van der Waals surface area contributed by atoms with Crippen molar-refractivity contribution in [3.05, 3.63) is 72.8 Å². The third-order valence-electron chi connectivity index (χ3n) is 5.71. The first-order valence-corrected chi connectivity index (χ1v) is 11.6. The zero-order chi connectivity index (χ0) is 23.0. The highest BCUT2D eigenvalue weighted by molar-refractivity contribution is 6.09. The summed E-state index contributed by atoms with van der Waals surface area (Å²) < 4.78 is 23.8. The lowest BCUT2D eigenvalue weighted by atomic mass is 9.92. The fraction of sp³-hybridized carbons (Fsp3) is 0.286. The first kappa shape index (κ1) is 22.6. The molecule has 1 heterocycles. The van der Waals surface area contributed by atoms with Crippen LogP contribution in [0, 0.1) is 0 Å². The van der Waals surface area contributed by atoms with Gasteiger partial charge in [-0.1, -0.05) is 60.7 Å². The van der Waals surface area contributed by atoms with Gasteiger partial charge in [-0.2, -0.15) is 0 Å². The lowest BCUT2D eigenvalue weighted by Gasteiger charge is -2.20. The summed E-state index contributed by atoms with van der Waals surface area (Å²) in [6, 6.07) is 24.9. The van der Waals surface area contributed by atoms with Gasteiger partial charge in [0.1, 0.15) is 37.9 Å². The number of hydrogen-bond donors (Lipinski definition) is 0. The molecule has 4 aromatic rings. The summed E-state index contributed by atoms with van der Waals surface area (Å²) in [7, 11) is 0. The van der Waals surface area contributed by atoms with Gasteiger partial charge in [-0.05, 0) is 33.7 Å². The van der Waals surface area contributed by atoms with E-state index in [-0.39, 0.29) is 0 Å². The van der Waals surface area contributed by atoms with Gasteiger partial charge in [0.2, 0.25) is 0 Å². The molecule has 0 spiro atoms. The summed E-state index contributed by atoms with van der Waals surface area (Å²) in [5.41, 5.74) is 2.03. The molecule has 0 aromatic heterocycles. The Labute approximate surface area is 198 Å². The van der Waals surface area contributed by atoms with E-state index in [1.165, 1.54) is 0 Å². The third kappa shape index (κ3) is 5.16. The van der Waals surface area contributed by atoms with E-state index in [2.05, 4.69) is 48.5 Å². The second kappa shape index (κ2) is 11.3. The van der Waals surface area contributed by atoms with Crippen molar-refractivity contribution in [1.29, 1.82) is 0 Å². The highest BCUT2D eigenvalue weighted by Gasteiger charge is 2.19. The predicted molar refractivity (Wildman–Crippen MR) is 131 cm³/mol. The fourth-order valence-corrected chi connectivity index (χ4v) is 4.19. The predicted octanol–water partition coefficient (Wildman–Crippen LogP) is 5.41. The van der Waals surface area contributed by atoms with Crippen LogP contribution in [-0.2, 0) is 19.2 Å². The van der Waals surface area contributed by atoms with Crippen LogP contribution in [0.1, 0.15) is 0 Å². The molecule has 4 aromatic carbocycles. The van der Waals surface area contributed by atoms with Crippen molar-refractivity contribution in [2.75, 3.05) is 52.9 Å². The number of ether oxygens (including phenoxy) is 4. The molecule has 6 heteroatoms. The molecular formula is C28H28O6. The maximum Gasteiger partial charge on any atom is 0.128 e. The van der Waals surface area contributed by atoms with Gasteiger partial charge in [-0.25, -0.2) is 9.78 Å². The molecule has 0 saturated carbocycles. The van der Waals surface area contributed by atoms with Gasteiger partial charge < -0.3 is 18.9 Å². The molecule has 0 amide bonds. The fourth-order valence-electron chi connectivity index (χ4n) is 4.19. The Balaban J connectivity index is 1.62. The summed E-state index contributed by atoms with van der Waals surface area (Å²) in [4.78, 5) is 10.2. The normalized spacial score (nSPS) is 16.5. The molecule has 0 unspecified atom stereocenters. The van der Waals surface area contributed by atoms with Crippen LogP contribution < -0.4 is 9.47 Å². The highest BCUT2D eigenvalue weighted by Crippen LogP contribution is 2.45. The second-order valence-corrected chi connectivity index (χ2v) is 7.89. The molecule has 0 aliphatic carbocycles. The zero-order valence-corrected chi connectivity index (χ0v) is 19.0. The van der Waals surface area contributed by atoms with E-state index in [0.717, 1.165) is 44.2 Å². The maximum atomic E-state index is 6.27. The van der Waals surface area contributed by atoms with Crippen LogP contribution in [0.5, 0.6) is 11.5 Å². The summed E-state index contributed by atoms with van der Waals surface area (Å²) in [5.74, 6) is 1.58. The first-order valence-electron chi connectivity index (χ1n) is 11.6. The van der Waals surface area contributed by atoms with Crippen molar-refractivity contribution in [3.8, 4) is 22.6 Å². The van der Waals surface area contributed by atoms with Crippen molar-refractivity contribution in [2.24, 2.45) is 0 Å². The van der Waals surface area contributed by atoms with Crippen LogP contribution in [0.25, 0.3) is 32.7 Å². The van der Waals surface area contributed by atoms with E-state index in [9.17, 15) is 0 Å². The molecule has 34 heavy (non-hydrogen) atoms. The van der Waals surface area contributed by atoms with E-state index >= 15 is 0 Å².